The van der Waals surface area contributed by atoms with Gasteiger partial charge in [0.15, 0.2) is 0 Å². The van der Waals surface area contributed by atoms with Crippen LogP contribution in [0.3, 0.4) is 0 Å². The fraction of sp³-hybridized carbons (Fsp3) is 0.0769. The quantitative estimate of drug-likeness (QED) is 0.890. The van der Waals surface area contributed by atoms with Gasteiger partial charge in [-0.2, -0.15) is 0 Å². The molecule has 2 N–H and O–H groups in total. The van der Waals surface area contributed by atoms with Crippen LogP contribution in [0.4, 0.5) is 26.4 Å². The van der Waals surface area contributed by atoms with Crippen molar-refractivity contribution < 1.29 is 13.9 Å². The Kier molecular flexibility index (Phi) is 3.92. The van der Waals surface area contributed by atoms with E-state index in [1.807, 2.05) is 0 Å². The minimum Gasteiger partial charge on any atom is -0.453 e. The predicted octanol–water partition coefficient (Wildman–Crippen LogP) is 3.14. The van der Waals surface area contributed by atoms with Gasteiger partial charge in [0.2, 0.25) is 0 Å². The highest BCUT2D eigenvalue weighted by Crippen LogP contribution is 2.19. The third-order valence-electron chi connectivity index (χ3n) is 2.33. The maximum atomic E-state index is 13.4. The lowest BCUT2D eigenvalue weighted by Crippen LogP contribution is -2.11. The summed E-state index contributed by atoms with van der Waals surface area (Å²) in [5, 5.41) is 5.31. The topological polar surface area (TPSA) is 63.2 Å². The fourth-order valence-corrected chi connectivity index (χ4v) is 1.42. The molecular weight excluding hydrogens is 249 g/mol. The first-order valence-corrected chi connectivity index (χ1v) is 5.51. The normalized spacial score (nSPS) is 9.79. The largest absolute Gasteiger partial charge is 0.453 e. The number of nitrogens with one attached hydrogen (secondary N) is 2. The summed E-state index contributed by atoms with van der Waals surface area (Å²) < 4.78 is 17.9. The minimum absolute atomic E-state index is 0.348. The average molecular weight is 261 g/mol. The molecule has 0 aliphatic heterocycles. The number of halogens is 1. The summed E-state index contributed by atoms with van der Waals surface area (Å²) in [5.41, 5.74) is 0.971. The SMILES string of the molecule is COC(=O)Nc1ccc(Nc2ccccc2F)cn1. The molecule has 1 aromatic carbocycles. The van der Waals surface area contributed by atoms with Gasteiger partial charge in [-0.15, -0.1) is 0 Å². The molecule has 1 amide bonds. The third kappa shape index (κ3) is 3.41. The molecule has 1 heterocycles. The summed E-state index contributed by atoms with van der Waals surface area (Å²) >= 11 is 0. The highest BCUT2D eigenvalue weighted by Gasteiger charge is 2.03. The van der Waals surface area contributed by atoms with Crippen molar-refractivity contribution in [2.24, 2.45) is 0 Å². The van der Waals surface area contributed by atoms with Crippen LogP contribution in [0, 0.1) is 5.82 Å². The number of carbonyl (C=O) groups excluding carboxylic acids is 1. The first kappa shape index (κ1) is 12.8. The number of carbonyl (C=O) groups is 1. The molecule has 19 heavy (non-hydrogen) atoms. The van der Waals surface area contributed by atoms with Crippen LogP contribution < -0.4 is 10.6 Å². The molecule has 0 bridgehead atoms. The van der Waals surface area contributed by atoms with Gasteiger partial charge >= 0.3 is 6.09 Å². The Morgan fingerprint density at radius 2 is 2.05 bits per heavy atom. The molecule has 5 nitrogen and oxygen atoms in total. The smallest absolute Gasteiger partial charge is 0.412 e. The van der Waals surface area contributed by atoms with Gasteiger partial charge in [0, 0.05) is 0 Å². The van der Waals surface area contributed by atoms with Gasteiger partial charge in [-0.3, -0.25) is 5.32 Å². The second-order valence-electron chi connectivity index (χ2n) is 3.65. The van der Waals surface area contributed by atoms with Crippen LogP contribution >= 0.6 is 0 Å². The molecule has 1 aromatic heterocycles. The molecule has 0 aliphatic rings. The highest BCUT2D eigenvalue weighted by atomic mass is 19.1. The third-order valence-corrected chi connectivity index (χ3v) is 2.33. The molecule has 0 aliphatic carbocycles. The molecule has 0 saturated carbocycles. The summed E-state index contributed by atoms with van der Waals surface area (Å²) in [4.78, 5) is 15.0. The highest BCUT2D eigenvalue weighted by molar-refractivity contribution is 5.83. The minimum atomic E-state index is -0.595. The van der Waals surface area contributed by atoms with E-state index in [-0.39, 0.29) is 5.82 Å². The molecule has 0 spiro atoms. The first-order valence-electron chi connectivity index (χ1n) is 5.51. The molecule has 2 rings (SSSR count). The van der Waals surface area contributed by atoms with E-state index in [9.17, 15) is 9.18 Å². The van der Waals surface area contributed by atoms with Crippen molar-refractivity contribution in [3.63, 3.8) is 0 Å². The zero-order chi connectivity index (χ0) is 13.7. The molecule has 0 fully saturated rings. The zero-order valence-electron chi connectivity index (χ0n) is 10.2. The number of anilines is 3. The second kappa shape index (κ2) is 5.81. The molecule has 0 atom stereocenters. The lowest BCUT2D eigenvalue weighted by molar-refractivity contribution is 0.187. The monoisotopic (exact) mass is 261 g/mol. The Morgan fingerprint density at radius 3 is 2.68 bits per heavy atom. The molecule has 0 unspecified atom stereocenters. The zero-order valence-corrected chi connectivity index (χ0v) is 10.2. The number of methoxy groups -OCH3 is 1. The van der Waals surface area contributed by atoms with Gasteiger partial charge in [0.05, 0.1) is 24.7 Å². The van der Waals surface area contributed by atoms with E-state index < -0.39 is 6.09 Å². The number of para-hydroxylation sites is 1. The summed E-state index contributed by atoms with van der Waals surface area (Å²) in [6.07, 6.45) is 0.889. The molecular formula is C13H12FN3O2. The van der Waals surface area contributed by atoms with Crippen LogP contribution in [0.1, 0.15) is 0 Å². The average Bonchev–Trinajstić information content (AvgIpc) is 2.43. The first-order chi connectivity index (χ1) is 9.19. The fourth-order valence-electron chi connectivity index (χ4n) is 1.42. The van der Waals surface area contributed by atoms with Crippen LogP contribution in [0.25, 0.3) is 0 Å². The lowest BCUT2D eigenvalue weighted by Gasteiger charge is -2.08. The number of pyridine rings is 1. The van der Waals surface area contributed by atoms with Crippen LogP contribution in [0.15, 0.2) is 42.6 Å². The van der Waals surface area contributed by atoms with Crippen molar-refractivity contribution in [2.75, 3.05) is 17.7 Å². The Bertz CT molecular complexity index is 572. The number of aromatic nitrogens is 1. The summed E-state index contributed by atoms with van der Waals surface area (Å²) in [6, 6.07) is 9.58. The lowest BCUT2D eigenvalue weighted by atomic mass is 10.3. The van der Waals surface area contributed by atoms with Crippen molar-refractivity contribution in [1.82, 2.24) is 4.98 Å². The number of ether oxygens (including phenoxy) is 1. The number of benzene rings is 1. The van der Waals surface area contributed by atoms with E-state index in [1.54, 1.807) is 30.3 Å². The maximum Gasteiger partial charge on any atom is 0.412 e. The van der Waals surface area contributed by atoms with Crippen molar-refractivity contribution in [3.8, 4) is 0 Å². The van der Waals surface area contributed by atoms with E-state index in [4.69, 9.17) is 0 Å². The van der Waals surface area contributed by atoms with Crippen LogP contribution in [-0.4, -0.2) is 18.2 Å². The summed E-state index contributed by atoms with van der Waals surface area (Å²) in [7, 11) is 1.27. The number of hydrogen-bond donors (Lipinski definition) is 2. The van der Waals surface area contributed by atoms with Gasteiger partial charge in [0.1, 0.15) is 11.6 Å². The Morgan fingerprint density at radius 1 is 1.26 bits per heavy atom. The molecule has 98 valence electrons. The van der Waals surface area contributed by atoms with E-state index in [0.29, 0.717) is 17.2 Å². The molecule has 6 heteroatoms. The van der Waals surface area contributed by atoms with Gasteiger partial charge in [0.25, 0.3) is 0 Å². The standard InChI is InChI=1S/C13H12FN3O2/c1-19-13(18)17-12-7-6-9(8-15-12)16-11-5-3-2-4-10(11)14/h2-8,16H,1H3,(H,15,17,18). The number of nitrogens with zero attached hydrogens (tertiary/aromatic N) is 1. The van der Waals surface area contributed by atoms with Crippen molar-refractivity contribution in [2.45, 2.75) is 0 Å². The van der Waals surface area contributed by atoms with Crippen molar-refractivity contribution in [3.05, 3.63) is 48.4 Å². The number of amides is 1. The maximum absolute atomic E-state index is 13.4. The van der Waals surface area contributed by atoms with Crippen LogP contribution in [0.2, 0.25) is 0 Å². The van der Waals surface area contributed by atoms with Gasteiger partial charge in [-0.1, -0.05) is 12.1 Å². The van der Waals surface area contributed by atoms with Crippen molar-refractivity contribution in [1.29, 1.82) is 0 Å². The predicted molar refractivity (Wildman–Crippen MR) is 69.9 cm³/mol. The van der Waals surface area contributed by atoms with Crippen molar-refractivity contribution >= 4 is 23.3 Å². The van der Waals surface area contributed by atoms with Gasteiger partial charge in [-0.05, 0) is 24.3 Å². The molecule has 2 aromatic rings. The Balaban J connectivity index is 2.07. The summed E-state index contributed by atoms with van der Waals surface area (Å²) in [5.74, 6) is 0.00481. The van der Waals surface area contributed by atoms with E-state index >= 15 is 0 Å². The van der Waals surface area contributed by atoms with E-state index in [0.717, 1.165) is 0 Å². The molecule has 0 radical (unpaired) electrons. The summed E-state index contributed by atoms with van der Waals surface area (Å²) in [6.45, 7) is 0. The van der Waals surface area contributed by atoms with Gasteiger partial charge < -0.3 is 10.1 Å². The number of hydrogen-bond acceptors (Lipinski definition) is 4. The second-order valence-corrected chi connectivity index (χ2v) is 3.65. The molecule has 0 saturated heterocycles. The Labute approximate surface area is 109 Å². The van der Waals surface area contributed by atoms with Gasteiger partial charge in [-0.25, -0.2) is 14.2 Å². The number of rotatable bonds is 3. The van der Waals surface area contributed by atoms with Crippen LogP contribution in [-0.2, 0) is 4.74 Å². The Hall–Kier alpha value is -2.63. The van der Waals surface area contributed by atoms with E-state index in [2.05, 4.69) is 20.4 Å². The van der Waals surface area contributed by atoms with Crippen LogP contribution in [0.5, 0.6) is 0 Å². The van der Waals surface area contributed by atoms with E-state index in [1.165, 1.54) is 19.4 Å².